The normalized spacial score (nSPS) is 18.9. The Morgan fingerprint density at radius 1 is 1.47 bits per heavy atom. The monoisotopic (exact) mass is 263 g/mol. The van der Waals surface area contributed by atoms with Crippen molar-refractivity contribution in [1.82, 2.24) is 5.32 Å². The molecule has 1 aliphatic rings. The third kappa shape index (κ3) is 3.68. The van der Waals surface area contributed by atoms with Gasteiger partial charge < -0.3 is 15.5 Å². The fourth-order valence-electron chi connectivity index (χ4n) is 2.25. The summed E-state index contributed by atoms with van der Waals surface area (Å²) in [5.41, 5.74) is 4.82. The first-order valence-corrected chi connectivity index (χ1v) is 6.68. The molecule has 19 heavy (non-hydrogen) atoms. The van der Waals surface area contributed by atoms with Gasteiger partial charge in [0.1, 0.15) is 0 Å². The third-order valence-electron chi connectivity index (χ3n) is 3.34. The fourth-order valence-corrected chi connectivity index (χ4v) is 2.25. The van der Waals surface area contributed by atoms with E-state index < -0.39 is 0 Å². The molecule has 1 aliphatic heterocycles. The lowest BCUT2D eigenvalue weighted by atomic mass is 10.1. The Balaban J connectivity index is 1.95. The minimum absolute atomic E-state index is 0.123. The highest BCUT2D eigenvalue weighted by molar-refractivity contribution is 5.99. The second kappa shape index (κ2) is 6.54. The minimum atomic E-state index is -0.123. The van der Waals surface area contributed by atoms with Crippen LogP contribution in [0.4, 0.5) is 5.69 Å². The van der Waals surface area contributed by atoms with Crippen molar-refractivity contribution in [2.75, 3.05) is 18.6 Å². The Kier molecular flexibility index (Phi) is 4.76. The summed E-state index contributed by atoms with van der Waals surface area (Å²) in [5.74, 6) is 5.32. The summed E-state index contributed by atoms with van der Waals surface area (Å²) in [4.78, 5) is 12.1. The molecule has 0 spiro atoms. The molecule has 0 aliphatic carbocycles. The van der Waals surface area contributed by atoms with E-state index in [2.05, 4.69) is 10.7 Å². The maximum atomic E-state index is 12.1. The van der Waals surface area contributed by atoms with Crippen LogP contribution < -0.4 is 16.6 Å². The number of rotatable bonds is 4. The van der Waals surface area contributed by atoms with Crippen LogP contribution in [0.2, 0.25) is 0 Å². The summed E-state index contributed by atoms with van der Waals surface area (Å²) in [6.07, 6.45) is 3.43. The van der Waals surface area contributed by atoms with Crippen LogP contribution in [0.1, 0.15) is 35.2 Å². The average molecular weight is 263 g/mol. The smallest absolute Gasteiger partial charge is 0.253 e. The maximum Gasteiger partial charge on any atom is 0.253 e. The quantitative estimate of drug-likeness (QED) is 0.569. The lowest BCUT2D eigenvalue weighted by molar-refractivity contribution is 0.0169. The largest absolute Gasteiger partial charge is 0.376 e. The van der Waals surface area contributed by atoms with Crippen molar-refractivity contribution in [3.05, 3.63) is 29.3 Å². The predicted molar refractivity (Wildman–Crippen MR) is 74.9 cm³/mol. The molecule has 1 heterocycles. The van der Waals surface area contributed by atoms with E-state index in [-0.39, 0.29) is 12.0 Å². The molecular weight excluding hydrogens is 242 g/mol. The van der Waals surface area contributed by atoms with E-state index in [0.29, 0.717) is 17.8 Å². The van der Waals surface area contributed by atoms with Crippen molar-refractivity contribution in [3.8, 4) is 0 Å². The second-order valence-corrected chi connectivity index (χ2v) is 4.89. The Hall–Kier alpha value is -1.59. The summed E-state index contributed by atoms with van der Waals surface area (Å²) in [6, 6.07) is 5.53. The molecule has 1 amide bonds. The second-order valence-electron chi connectivity index (χ2n) is 4.89. The number of hydrogen-bond donors (Lipinski definition) is 3. The number of nitrogens with one attached hydrogen (secondary N) is 2. The number of amides is 1. The number of carbonyl (C=O) groups is 1. The van der Waals surface area contributed by atoms with Gasteiger partial charge in [0.15, 0.2) is 0 Å². The molecule has 5 heteroatoms. The number of ether oxygens (including phenoxy) is 1. The number of hydrazine groups is 1. The highest BCUT2D eigenvalue weighted by atomic mass is 16.5. The van der Waals surface area contributed by atoms with E-state index in [1.54, 1.807) is 6.07 Å². The number of anilines is 1. The molecule has 104 valence electrons. The van der Waals surface area contributed by atoms with Crippen molar-refractivity contribution < 1.29 is 9.53 Å². The van der Waals surface area contributed by atoms with E-state index >= 15 is 0 Å². The first-order chi connectivity index (χ1) is 9.20. The third-order valence-corrected chi connectivity index (χ3v) is 3.34. The SMILES string of the molecule is Cc1ccc(C(=O)NCC2CCCCO2)c(NN)c1. The van der Waals surface area contributed by atoms with Crippen LogP contribution in [0.25, 0.3) is 0 Å². The summed E-state index contributed by atoms with van der Waals surface area (Å²) >= 11 is 0. The van der Waals surface area contributed by atoms with Crippen molar-refractivity contribution in [3.63, 3.8) is 0 Å². The van der Waals surface area contributed by atoms with Gasteiger partial charge >= 0.3 is 0 Å². The van der Waals surface area contributed by atoms with E-state index in [4.69, 9.17) is 10.6 Å². The molecule has 1 saturated heterocycles. The van der Waals surface area contributed by atoms with Crippen LogP contribution in [-0.2, 0) is 4.74 Å². The molecule has 1 fully saturated rings. The molecule has 0 saturated carbocycles. The molecule has 1 aromatic rings. The van der Waals surface area contributed by atoms with Gasteiger partial charge in [-0.15, -0.1) is 0 Å². The number of aryl methyl sites for hydroxylation is 1. The molecule has 4 N–H and O–H groups in total. The highest BCUT2D eigenvalue weighted by Crippen LogP contribution is 2.17. The van der Waals surface area contributed by atoms with Gasteiger partial charge in [0.2, 0.25) is 0 Å². The van der Waals surface area contributed by atoms with Crippen molar-refractivity contribution >= 4 is 11.6 Å². The van der Waals surface area contributed by atoms with Crippen LogP contribution >= 0.6 is 0 Å². The van der Waals surface area contributed by atoms with Crippen LogP contribution in [0, 0.1) is 6.92 Å². The zero-order chi connectivity index (χ0) is 13.7. The fraction of sp³-hybridized carbons (Fsp3) is 0.500. The van der Waals surface area contributed by atoms with Crippen LogP contribution in [0.5, 0.6) is 0 Å². The molecule has 0 radical (unpaired) electrons. The Morgan fingerprint density at radius 2 is 2.32 bits per heavy atom. The molecule has 1 aromatic carbocycles. The van der Waals surface area contributed by atoms with Crippen molar-refractivity contribution in [2.24, 2.45) is 5.84 Å². The number of carbonyl (C=O) groups excluding carboxylic acids is 1. The van der Waals surface area contributed by atoms with Crippen LogP contribution in [0.15, 0.2) is 18.2 Å². The molecule has 1 atom stereocenters. The number of nitrogens with two attached hydrogens (primary N) is 1. The molecule has 2 rings (SSSR count). The van der Waals surface area contributed by atoms with Crippen LogP contribution in [0.3, 0.4) is 0 Å². The van der Waals surface area contributed by atoms with Crippen molar-refractivity contribution in [1.29, 1.82) is 0 Å². The standard InChI is InChI=1S/C14H21N3O2/c1-10-5-6-12(13(8-10)17-15)14(18)16-9-11-4-2-3-7-19-11/h5-6,8,11,17H,2-4,7,9,15H2,1H3,(H,16,18). The zero-order valence-electron chi connectivity index (χ0n) is 11.2. The van der Waals surface area contributed by atoms with Crippen molar-refractivity contribution in [2.45, 2.75) is 32.3 Å². The van der Waals surface area contributed by atoms with Gasteiger partial charge in [0.05, 0.1) is 17.4 Å². The molecule has 0 aromatic heterocycles. The molecule has 0 bridgehead atoms. The molecule has 5 nitrogen and oxygen atoms in total. The topological polar surface area (TPSA) is 76.4 Å². The first-order valence-electron chi connectivity index (χ1n) is 6.68. The van der Waals surface area contributed by atoms with Gasteiger partial charge in [0, 0.05) is 13.2 Å². The Bertz CT molecular complexity index is 442. The minimum Gasteiger partial charge on any atom is -0.376 e. The summed E-state index contributed by atoms with van der Waals surface area (Å²) in [6.45, 7) is 3.30. The molecule has 1 unspecified atom stereocenters. The predicted octanol–water partition coefficient (Wildman–Crippen LogP) is 1.58. The first kappa shape index (κ1) is 13.8. The van der Waals surface area contributed by atoms with Gasteiger partial charge in [-0.1, -0.05) is 6.07 Å². The average Bonchev–Trinajstić information content (AvgIpc) is 2.45. The number of hydrogen-bond acceptors (Lipinski definition) is 4. The molecular formula is C14H21N3O2. The zero-order valence-corrected chi connectivity index (χ0v) is 11.2. The van der Waals surface area contributed by atoms with Crippen LogP contribution in [-0.4, -0.2) is 25.2 Å². The van der Waals surface area contributed by atoms with Gasteiger partial charge in [0.25, 0.3) is 5.91 Å². The van der Waals surface area contributed by atoms with Gasteiger partial charge in [-0.05, 0) is 43.9 Å². The van der Waals surface area contributed by atoms with E-state index in [9.17, 15) is 4.79 Å². The summed E-state index contributed by atoms with van der Waals surface area (Å²) in [7, 11) is 0. The van der Waals surface area contributed by atoms with Gasteiger partial charge in [-0.2, -0.15) is 0 Å². The van der Waals surface area contributed by atoms with Gasteiger partial charge in [-0.25, -0.2) is 0 Å². The summed E-state index contributed by atoms with van der Waals surface area (Å²) < 4.78 is 5.58. The number of nitrogen functional groups attached to an aromatic ring is 1. The van der Waals surface area contributed by atoms with Gasteiger partial charge in [-0.3, -0.25) is 10.6 Å². The number of benzene rings is 1. The lowest BCUT2D eigenvalue weighted by Gasteiger charge is -2.23. The van der Waals surface area contributed by atoms with E-state index in [1.165, 1.54) is 6.42 Å². The maximum absolute atomic E-state index is 12.1. The lowest BCUT2D eigenvalue weighted by Crippen LogP contribution is -2.35. The Labute approximate surface area is 113 Å². The summed E-state index contributed by atoms with van der Waals surface area (Å²) in [5, 5.41) is 2.90. The van der Waals surface area contributed by atoms with E-state index in [0.717, 1.165) is 25.0 Å². The van der Waals surface area contributed by atoms with E-state index in [1.807, 2.05) is 19.1 Å². The Morgan fingerprint density at radius 3 is 3.00 bits per heavy atom. The highest BCUT2D eigenvalue weighted by Gasteiger charge is 2.16.